The van der Waals surface area contributed by atoms with Gasteiger partial charge in [0.25, 0.3) is 0 Å². The van der Waals surface area contributed by atoms with E-state index in [9.17, 15) is 0 Å². The Balaban J connectivity index is 2.88. The third-order valence-corrected chi connectivity index (χ3v) is 3.48. The number of nitrogens with one attached hydrogen (secondary N) is 1. The molecule has 96 valence electrons. The van der Waals surface area contributed by atoms with Gasteiger partial charge in [0.05, 0.1) is 0 Å². The zero-order chi connectivity index (χ0) is 13.1. The largest absolute Gasteiger partial charge is 0.315 e. The summed E-state index contributed by atoms with van der Waals surface area (Å²) in [6.45, 7) is 14.6. The Morgan fingerprint density at radius 1 is 1.24 bits per heavy atom. The Bertz CT molecular complexity index is 366. The maximum Gasteiger partial charge on any atom is 0.00468 e. The minimum Gasteiger partial charge on any atom is -0.315 e. The minimum atomic E-state index is 0.235. The van der Waals surface area contributed by atoms with Gasteiger partial charge in [-0.25, -0.2) is 0 Å². The fourth-order valence-corrected chi connectivity index (χ4v) is 2.87. The molecule has 0 fully saturated rings. The molecule has 17 heavy (non-hydrogen) atoms. The first-order chi connectivity index (χ1) is 7.86. The van der Waals surface area contributed by atoms with Gasteiger partial charge in [-0.1, -0.05) is 44.5 Å². The van der Waals surface area contributed by atoms with Crippen LogP contribution in [0.2, 0.25) is 0 Å². The summed E-state index contributed by atoms with van der Waals surface area (Å²) >= 11 is 0. The second kappa shape index (κ2) is 5.68. The van der Waals surface area contributed by atoms with E-state index in [0.29, 0.717) is 6.04 Å². The molecule has 0 aliphatic rings. The summed E-state index contributed by atoms with van der Waals surface area (Å²) in [5.41, 5.74) is 4.48. The van der Waals surface area contributed by atoms with Crippen molar-refractivity contribution < 1.29 is 0 Å². The van der Waals surface area contributed by atoms with Crippen LogP contribution in [0.3, 0.4) is 0 Å². The first-order valence-corrected chi connectivity index (χ1v) is 6.68. The lowest BCUT2D eigenvalue weighted by molar-refractivity contribution is 0.393. The first kappa shape index (κ1) is 14.2. The van der Waals surface area contributed by atoms with Crippen molar-refractivity contribution in [3.05, 3.63) is 34.9 Å². The zero-order valence-corrected chi connectivity index (χ0v) is 12.2. The maximum atomic E-state index is 3.50. The Morgan fingerprint density at radius 2 is 1.88 bits per heavy atom. The monoisotopic (exact) mass is 233 g/mol. The predicted molar refractivity (Wildman–Crippen MR) is 76.7 cm³/mol. The molecule has 1 atom stereocenters. The van der Waals surface area contributed by atoms with Crippen LogP contribution in [-0.4, -0.2) is 12.6 Å². The predicted octanol–water partition coefficient (Wildman–Crippen LogP) is 3.97. The minimum absolute atomic E-state index is 0.235. The Morgan fingerprint density at radius 3 is 2.41 bits per heavy atom. The molecule has 1 unspecified atom stereocenters. The molecule has 0 bridgehead atoms. The summed E-state index contributed by atoms with van der Waals surface area (Å²) in [7, 11) is 0. The fraction of sp³-hybridized carbons (Fsp3) is 0.625. The van der Waals surface area contributed by atoms with E-state index < -0.39 is 0 Å². The molecule has 0 radical (unpaired) electrons. The van der Waals surface area contributed by atoms with E-state index in [0.717, 1.165) is 6.54 Å². The lowest BCUT2D eigenvalue weighted by atomic mass is 9.77. The summed E-state index contributed by atoms with van der Waals surface area (Å²) in [5.74, 6) is 0. The molecule has 1 N–H and O–H groups in total. The normalized spacial score (nSPS) is 13.8. The number of hydrogen-bond acceptors (Lipinski definition) is 1. The highest BCUT2D eigenvalue weighted by molar-refractivity contribution is 5.35. The van der Waals surface area contributed by atoms with E-state index >= 15 is 0 Å². The molecular formula is C16H27N. The van der Waals surface area contributed by atoms with Gasteiger partial charge in [-0.2, -0.15) is 0 Å². The van der Waals surface area contributed by atoms with Crippen molar-refractivity contribution in [2.24, 2.45) is 0 Å². The van der Waals surface area contributed by atoms with Crippen LogP contribution >= 0.6 is 0 Å². The topological polar surface area (TPSA) is 12.0 Å². The van der Waals surface area contributed by atoms with Gasteiger partial charge in [0, 0.05) is 6.04 Å². The fourth-order valence-electron chi connectivity index (χ4n) is 2.87. The second-order valence-corrected chi connectivity index (χ2v) is 5.87. The van der Waals surface area contributed by atoms with Crippen molar-refractivity contribution in [2.75, 3.05) is 6.54 Å². The van der Waals surface area contributed by atoms with Crippen LogP contribution in [-0.2, 0) is 5.41 Å². The lowest BCUT2D eigenvalue weighted by Crippen LogP contribution is -2.33. The van der Waals surface area contributed by atoms with Crippen LogP contribution in [0, 0.1) is 13.8 Å². The number of rotatable bonds is 5. The zero-order valence-electron chi connectivity index (χ0n) is 12.2. The van der Waals surface area contributed by atoms with Crippen molar-refractivity contribution in [2.45, 2.75) is 59.4 Å². The van der Waals surface area contributed by atoms with Gasteiger partial charge in [-0.15, -0.1) is 0 Å². The lowest BCUT2D eigenvalue weighted by Gasteiger charge is -2.30. The summed E-state index contributed by atoms with van der Waals surface area (Å²) in [4.78, 5) is 0. The Kier molecular flexibility index (Phi) is 4.76. The number of benzene rings is 1. The van der Waals surface area contributed by atoms with E-state index in [-0.39, 0.29) is 5.41 Å². The van der Waals surface area contributed by atoms with Gasteiger partial charge < -0.3 is 5.32 Å². The van der Waals surface area contributed by atoms with E-state index in [1.165, 1.54) is 23.1 Å². The molecule has 0 aliphatic heterocycles. The van der Waals surface area contributed by atoms with Crippen molar-refractivity contribution in [3.8, 4) is 0 Å². The molecule has 0 saturated carbocycles. The second-order valence-electron chi connectivity index (χ2n) is 5.87. The van der Waals surface area contributed by atoms with Crippen LogP contribution in [0.5, 0.6) is 0 Å². The number of aryl methyl sites for hydroxylation is 2. The van der Waals surface area contributed by atoms with Crippen LogP contribution in [0.15, 0.2) is 18.2 Å². The van der Waals surface area contributed by atoms with E-state index in [1.807, 2.05) is 0 Å². The molecule has 0 spiro atoms. The van der Waals surface area contributed by atoms with Crippen molar-refractivity contribution in [3.63, 3.8) is 0 Å². The van der Waals surface area contributed by atoms with Gasteiger partial charge in [-0.3, -0.25) is 0 Å². The highest BCUT2D eigenvalue weighted by Gasteiger charge is 2.24. The molecule has 1 rings (SSSR count). The van der Waals surface area contributed by atoms with Gasteiger partial charge in [0.2, 0.25) is 0 Å². The van der Waals surface area contributed by atoms with Gasteiger partial charge in [0.1, 0.15) is 0 Å². The molecule has 0 saturated heterocycles. The van der Waals surface area contributed by atoms with Gasteiger partial charge in [-0.05, 0) is 50.3 Å². The molecule has 0 aliphatic carbocycles. The molecule has 1 aromatic rings. The molecule has 0 amide bonds. The smallest absolute Gasteiger partial charge is 0.00468 e. The van der Waals surface area contributed by atoms with Crippen molar-refractivity contribution in [1.29, 1.82) is 0 Å². The molecule has 1 heteroatoms. The standard InChI is InChI=1S/C16H27N/c1-7-17-14(4)11-16(5,6)15-9-8-12(2)10-13(15)3/h8-10,14,17H,7,11H2,1-6H3. The van der Waals surface area contributed by atoms with Crippen molar-refractivity contribution in [1.82, 2.24) is 5.32 Å². The summed E-state index contributed by atoms with van der Waals surface area (Å²) in [6.07, 6.45) is 1.17. The average molecular weight is 233 g/mol. The van der Waals surface area contributed by atoms with Crippen molar-refractivity contribution >= 4 is 0 Å². The molecule has 1 nitrogen and oxygen atoms in total. The molecule has 1 aromatic carbocycles. The van der Waals surface area contributed by atoms with Gasteiger partial charge >= 0.3 is 0 Å². The molecular weight excluding hydrogens is 206 g/mol. The third-order valence-electron chi connectivity index (χ3n) is 3.48. The summed E-state index contributed by atoms with van der Waals surface area (Å²) in [5, 5.41) is 3.50. The SMILES string of the molecule is CCNC(C)CC(C)(C)c1ccc(C)cc1C. The highest BCUT2D eigenvalue weighted by atomic mass is 14.9. The van der Waals surface area contributed by atoms with Crippen LogP contribution in [0.1, 0.15) is 50.8 Å². The van der Waals surface area contributed by atoms with E-state index in [2.05, 4.69) is 65.1 Å². The van der Waals surface area contributed by atoms with E-state index in [1.54, 1.807) is 0 Å². The Labute approximate surface area is 107 Å². The number of hydrogen-bond donors (Lipinski definition) is 1. The third kappa shape index (κ3) is 3.85. The average Bonchev–Trinajstić information content (AvgIpc) is 2.15. The molecule has 0 heterocycles. The summed E-state index contributed by atoms with van der Waals surface area (Å²) in [6, 6.07) is 7.37. The Hall–Kier alpha value is -0.820. The van der Waals surface area contributed by atoms with Crippen LogP contribution < -0.4 is 5.32 Å². The first-order valence-electron chi connectivity index (χ1n) is 6.68. The highest BCUT2D eigenvalue weighted by Crippen LogP contribution is 2.31. The van der Waals surface area contributed by atoms with E-state index in [4.69, 9.17) is 0 Å². The van der Waals surface area contributed by atoms with Crippen LogP contribution in [0.25, 0.3) is 0 Å². The van der Waals surface area contributed by atoms with Crippen LogP contribution in [0.4, 0.5) is 0 Å². The quantitative estimate of drug-likeness (QED) is 0.811. The van der Waals surface area contributed by atoms with Gasteiger partial charge in [0.15, 0.2) is 0 Å². The molecule has 0 aromatic heterocycles. The summed E-state index contributed by atoms with van der Waals surface area (Å²) < 4.78 is 0. The maximum absolute atomic E-state index is 3.50.